The molecule has 1 aromatic rings. The summed E-state index contributed by atoms with van der Waals surface area (Å²) >= 11 is 0. The lowest BCUT2D eigenvalue weighted by atomic mass is 10.1. The van der Waals surface area contributed by atoms with Gasteiger partial charge in [0.15, 0.2) is 0 Å². The van der Waals surface area contributed by atoms with Crippen LogP contribution in [0.2, 0.25) is 0 Å². The lowest BCUT2D eigenvalue weighted by Crippen LogP contribution is -2.33. The van der Waals surface area contributed by atoms with E-state index in [1.54, 1.807) is 33.0 Å². The number of sulfonamides is 1. The van der Waals surface area contributed by atoms with Crippen LogP contribution in [-0.2, 0) is 21.2 Å². The molecule has 0 aliphatic rings. The van der Waals surface area contributed by atoms with E-state index in [0.29, 0.717) is 6.42 Å². The summed E-state index contributed by atoms with van der Waals surface area (Å²) in [6, 6.07) is 6.24. The zero-order valence-electron chi connectivity index (χ0n) is 11.3. The number of aryl methyl sites for hydroxylation is 1. The van der Waals surface area contributed by atoms with Gasteiger partial charge in [0.05, 0.1) is 4.90 Å². The summed E-state index contributed by atoms with van der Waals surface area (Å²) in [6.07, 6.45) is 0.438. The highest BCUT2D eigenvalue weighted by molar-refractivity contribution is 7.89. The van der Waals surface area contributed by atoms with Gasteiger partial charge in [-0.05, 0) is 38.0 Å². The van der Waals surface area contributed by atoms with Crippen molar-refractivity contribution in [1.29, 1.82) is 0 Å². The first-order chi connectivity index (χ1) is 8.75. The Morgan fingerprint density at radius 2 is 1.79 bits per heavy atom. The van der Waals surface area contributed by atoms with Crippen molar-refractivity contribution in [2.24, 2.45) is 0 Å². The zero-order chi connectivity index (χ0) is 14.6. The van der Waals surface area contributed by atoms with E-state index in [9.17, 15) is 13.2 Å². The number of nitrogens with zero attached hydrogens (tertiary/aromatic N) is 1. The van der Waals surface area contributed by atoms with Crippen LogP contribution in [-0.4, -0.2) is 36.9 Å². The number of carboxylic acids is 1. The molecule has 0 saturated heterocycles. The predicted octanol–water partition coefficient (Wildman–Crippen LogP) is 1.73. The fourth-order valence-corrected chi connectivity index (χ4v) is 2.89. The van der Waals surface area contributed by atoms with Crippen LogP contribution in [0.25, 0.3) is 0 Å². The van der Waals surface area contributed by atoms with Gasteiger partial charge in [0, 0.05) is 19.5 Å². The Bertz CT molecular complexity index is 534. The number of hydrogen-bond donors (Lipinski definition) is 1. The van der Waals surface area contributed by atoms with Crippen molar-refractivity contribution in [1.82, 2.24) is 4.31 Å². The number of carboxylic acid groups (broad SMARTS) is 1. The molecule has 0 radical (unpaired) electrons. The average Bonchev–Trinajstić information content (AvgIpc) is 2.35. The molecule has 0 spiro atoms. The summed E-state index contributed by atoms with van der Waals surface area (Å²) in [7, 11) is -1.93. The molecule has 0 aliphatic carbocycles. The van der Waals surface area contributed by atoms with Crippen molar-refractivity contribution in [3.63, 3.8) is 0 Å². The van der Waals surface area contributed by atoms with Gasteiger partial charge in [0.2, 0.25) is 10.0 Å². The van der Waals surface area contributed by atoms with Crippen molar-refractivity contribution in [2.45, 2.75) is 37.6 Å². The maximum Gasteiger partial charge on any atom is 0.303 e. The van der Waals surface area contributed by atoms with E-state index in [0.717, 1.165) is 5.56 Å². The molecule has 0 atom stereocenters. The highest BCUT2D eigenvalue weighted by atomic mass is 32.2. The molecule has 1 N–H and O–H groups in total. The minimum absolute atomic E-state index is 0.0397. The third-order valence-corrected chi connectivity index (χ3v) is 5.00. The monoisotopic (exact) mass is 285 g/mol. The van der Waals surface area contributed by atoms with Gasteiger partial charge in [0.1, 0.15) is 0 Å². The standard InChI is InChI=1S/C13H19NO4S/c1-10(2)14(3)19(17,18)12-7-4-11(5-8-12)6-9-13(15)16/h4-5,7-8,10H,6,9H2,1-3H3,(H,15,16). The molecule has 0 fully saturated rings. The van der Waals surface area contributed by atoms with Crippen LogP contribution in [0.5, 0.6) is 0 Å². The van der Waals surface area contributed by atoms with Crippen LogP contribution < -0.4 is 0 Å². The topological polar surface area (TPSA) is 74.7 Å². The summed E-state index contributed by atoms with van der Waals surface area (Å²) < 4.78 is 25.7. The SMILES string of the molecule is CC(C)N(C)S(=O)(=O)c1ccc(CCC(=O)O)cc1. The molecule has 1 aromatic carbocycles. The molecule has 0 unspecified atom stereocenters. The average molecular weight is 285 g/mol. The maximum absolute atomic E-state index is 12.2. The van der Waals surface area contributed by atoms with Gasteiger partial charge in [0.25, 0.3) is 0 Å². The lowest BCUT2D eigenvalue weighted by Gasteiger charge is -2.21. The Morgan fingerprint density at radius 1 is 1.26 bits per heavy atom. The second kappa shape index (κ2) is 6.16. The van der Waals surface area contributed by atoms with Crippen LogP contribution in [0.3, 0.4) is 0 Å². The zero-order valence-corrected chi connectivity index (χ0v) is 12.1. The van der Waals surface area contributed by atoms with Gasteiger partial charge in [-0.2, -0.15) is 4.31 Å². The van der Waals surface area contributed by atoms with E-state index in [1.807, 2.05) is 0 Å². The Hall–Kier alpha value is -1.40. The summed E-state index contributed by atoms with van der Waals surface area (Å²) in [4.78, 5) is 10.7. The van der Waals surface area contributed by atoms with Gasteiger partial charge < -0.3 is 5.11 Å². The van der Waals surface area contributed by atoms with E-state index in [-0.39, 0.29) is 17.4 Å². The second-order valence-corrected chi connectivity index (χ2v) is 6.65. The molecule has 0 aromatic heterocycles. The Morgan fingerprint density at radius 3 is 2.21 bits per heavy atom. The molecule has 106 valence electrons. The van der Waals surface area contributed by atoms with Crippen LogP contribution in [0.15, 0.2) is 29.2 Å². The first-order valence-electron chi connectivity index (χ1n) is 6.04. The fraction of sp³-hybridized carbons (Fsp3) is 0.462. The quantitative estimate of drug-likeness (QED) is 0.863. The molecular weight excluding hydrogens is 266 g/mol. The summed E-state index contributed by atoms with van der Waals surface area (Å²) in [5.74, 6) is -0.865. The minimum Gasteiger partial charge on any atom is -0.481 e. The van der Waals surface area contributed by atoms with Gasteiger partial charge in [-0.25, -0.2) is 8.42 Å². The molecule has 6 heteroatoms. The normalized spacial score (nSPS) is 12.1. The van der Waals surface area contributed by atoms with Crippen LogP contribution >= 0.6 is 0 Å². The van der Waals surface area contributed by atoms with E-state index in [2.05, 4.69) is 0 Å². The highest BCUT2D eigenvalue weighted by Crippen LogP contribution is 2.17. The van der Waals surface area contributed by atoms with E-state index in [4.69, 9.17) is 5.11 Å². The van der Waals surface area contributed by atoms with E-state index < -0.39 is 16.0 Å². The molecule has 0 aliphatic heterocycles. The molecular formula is C13H19NO4S. The third kappa shape index (κ3) is 4.04. The number of carbonyl (C=O) groups is 1. The van der Waals surface area contributed by atoms with Crippen molar-refractivity contribution in [3.05, 3.63) is 29.8 Å². The summed E-state index contributed by atoms with van der Waals surface area (Å²) in [5, 5.41) is 8.59. The van der Waals surface area contributed by atoms with E-state index in [1.165, 1.54) is 16.4 Å². The van der Waals surface area contributed by atoms with Crippen LogP contribution in [0.1, 0.15) is 25.8 Å². The van der Waals surface area contributed by atoms with Crippen molar-refractivity contribution >= 4 is 16.0 Å². The largest absolute Gasteiger partial charge is 0.481 e. The smallest absolute Gasteiger partial charge is 0.303 e. The first-order valence-corrected chi connectivity index (χ1v) is 7.48. The predicted molar refractivity (Wildman–Crippen MR) is 72.5 cm³/mol. The number of hydrogen-bond acceptors (Lipinski definition) is 3. The third-order valence-electron chi connectivity index (χ3n) is 2.96. The van der Waals surface area contributed by atoms with Crippen molar-refractivity contribution in [3.8, 4) is 0 Å². The Kier molecular flexibility index (Phi) is 5.08. The van der Waals surface area contributed by atoms with Gasteiger partial charge in [-0.1, -0.05) is 12.1 Å². The molecule has 0 heterocycles. The van der Waals surface area contributed by atoms with Gasteiger partial charge in [-0.3, -0.25) is 4.79 Å². The Balaban J connectivity index is 2.90. The first kappa shape index (κ1) is 15.7. The van der Waals surface area contributed by atoms with Crippen molar-refractivity contribution in [2.75, 3.05) is 7.05 Å². The summed E-state index contributed by atoms with van der Waals surface area (Å²) in [5.41, 5.74) is 0.813. The minimum atomic E-state index is -3.47. The fourth-order valence-electron chi connectivity index (χ4n) is 1.52. The van der Waals surface area contributed by atoms with Crippen molar-refractivity contribution < 1.29 is 18.3 Å². The van der Waals surface area contributed by atoms with Crippen LogP contribution in [0, 0.1) is 0 Å². The van der Waals surface area contributed by atoms with Gasteiger partial charge in [-0.15, -0.1) is 0 Å². The van der Waals surface area contributed by atoms with Crippen LogP contribution in [0.4, 0.5) is 0 Å². The molecule has 0 bridgehead atoms. The maximum atomic E-state index is 12.2. The van der Waals surface area contributed by atoms with E-state index >= 15 is 0 Å². The summed E-state index contributed by atoms with van der Waals surface area (Å²) in [6.45, 7) is 3.61. The Labute approximate surface area is 113 Å². The number of rotatable bonds is 6. The molecule has 5 nitrogen and oxygen atoms in total. The van der Waals surface area contributed by atoms with Gasteiger partial charge >= 0.3 is 5.97 Å². The second-order valence-electron chi connectivity index (χ2n) is 4.65. The molecule has 0 saturated carbocycles. The molecule has 0 amide bonds. The molecule has 1 rings (SSSR count). The number of benzene rings is 1. The molecule has 19 heavy (non-hydrogen) atoms. The number of aliphatic carboxylic acids is 1. The highest BCUT2D eigenvalue weighted by Gasteiger charge is 2.22. The lowest BCUT2D eigenvalue weighted by molar-refractivity contribution is -0.136.